The van der Waals surface area contributed by atoms with E-state index < -0.39 is 10.0 Å². The third-order valence-corrected chi connectivity index (χ3v) is 5.49. The van der Waals surface area contributed by atoms with Crippen LogP contribution in [0.1, 0.15) is 24.2 Å². The average Bonchev–Trinajstić information content (AvgIpc) is 2.95. The Bertz CT molecular complexity index is 824. The van der Waals surface area contributed by atoms with Gasteiger partial charge in [-0.1, -0.05) is 0 Å². The second-order valence-electron chi connectivity index (χ2n) is 6.19. The number of aromatic amines is 1. The van der Waals surface area contributed by atoms with Crippen LogP contribution < -0.4 is 5.32 Å². The number of anilines is 1. The van der Waals surface area contributed by atoms with Crippen LogP contribution in [0.2, 0.25) is 0 Å². The molecule has 24 heavy (non-hydrogen) atoms. The van der Waals surface area contributed by atoms with Gasteiger partial charge in [0.1, 0.15) is 5.82 Å². The van der Waals surface area contributed by atoms with Crippen LogP contribution in [0.15, 0.2) is 12.4 Å². The van der Waals surface area contributed by atoms with Crippen LogP contribution in [-0.2, 0) is 10.0 Å². The summed E-state index contributed by atoms with van der Waals surface area (Å²) < 4.78 is 24.6. The van der Waals surface area contributed by atoms with E-state index in [0.29, 0.717) is 19.0 Å². The number of hydrogen-bond donors (Lipinski definition) is 2. The second-order valence-corrected chi connectivity index (χ2v) is 8.17. The van der Waals surface area contributed by atoms with Crippen molar-refractivity contribution in [2.45, 2.75) is 32.7 Å². The lowest BCUT2D eigenvalue weighted by Crippen LogP contribution is -2.42. The molecule has 1 aliphatic heterocycles. The second kappa shape index (κ2) is 6.48. The van der Waals surface area contributed by atoms with Crippen molar-refractivity contribution in [2.24, 2.45) is 0 Å². The summed E-state index contributed by atoms with van der Waals surface area (Å²) >= 11 is 0. The SMILES string of the molecule is Cc1ncc(-c2nc(NC3CCN(S(C)(=O)=O)CC3)ncc2C)[nH]1. The van der Waals surface area contributed by atoms with Crippen LogP contribution in [0.25, 0.3) is 11.4 Å². The lowest BCUT2D eigenvalue weighted by Gasteiger charge is -2.30. The molecule has 0 aliphatic carbocycles. The van der Waals surface area contributed by atoms with Gasteiger partial charge in [0, 0.05) is 25.3 Å². The average molecular weight is 350 g/mol. The number of sulfonamides is 1. The molecule has 3 rings (SSSR count). The molecule has 3 heterocycles. The summed E-state index contributed by atoms with van der Waals surface area (Å²) in [6.07, 6.45) is 6.28. The molecule has 0 spiro atoms. The van der Waals surface area contributed by atoms with Crippen LogP contribution in [0, 0.1) is 13.8 Å². The monoisotopic (exact) mass is 350 g/mol. The molecule has 0 aromatic carbocycles. The van der Waals surface area contributed by atoms with Gasteiger partial charge < -0.3 is 10.3 Å². The number of aryl methyl sites for hydroxylation is 2. The lowest BCUT2D eigenvalue weighted by molar-refractivity contribution is 0.331. The van der Waals surface area contributed by atoms with Gasteiger partial charge in [0.15, 0.2) is 0 Å². The topological polar surface area (TPSA) is 104 Å². The van der Waals surface area contributed by atoms with Crippen molar-refractivity contribution in [3.63, 3.8) is 0 Å². The molecule has 2 aromatic heterocycles. The molecule has 0 amide bonds. The number of aromatic nitrogens is 4. The molecule has 0 saturated carbocycles. The fourth-order valence-corrected chi connectivity index (χ4v) is 3.71. The first-order chi connectivity index (χ1) is 11.3. The van der Waals surface area contributed by atoms with E-state index in [2.05, 4.69) is 25.3 Å². The molecule has 130 valence electrons. The highest BCUT2D eigenvalue weighted by molar-refractivity contribution is 7.88. The Morgan fingerprint density at radius 2 is 1.92 bits per heavy atom. The summed E-state index contributed by atoms with van der Waals surface area (Å²) in [5, 5.41) is 3.32. The molecule has 1 aliphatic rings. The number of H-pyrrole nitrogens is 1. The Morgan fingerprint density at radius 3 is 2.50 bits per heavy atom. The summed E-state index contributed by atoms with van der Waals surface area (Å²) in [6.45, 7) is 4.90. The maximum atomic E-state index is 11.6. The molecule has 0 atom stereocenters. The minimum atomic E-state index is -3.10. The molecule has 2 N–H and O–H groups in total. The zero-order valence-electron chi connectivity index (χ0n) is 14.1. The normalized spacial score (nSPS) is 17.1. The molecule has 0 bridgehead atoms. The molecule has 1 fully saturated rings. The molecule has 0 radical (unpaired) electrons. The van der Waals surface area contributed by atoms with Crippen molar-refractivity contribution in [1.82, 2.24) is 24.2 Å². The van der Waals surface area contributed by atoms with E-state index in [0.717, 1.165) is 35.6 Å². The number of rotatable bonds is 4. The predicted molar refractivity (Wildman–Crippen MR) is 92.1 cm³/mol. The molecule has 0 unspecified atom stereocenters. The van der Waals surface area contributed by atoms with Crippen LogP contribution in [0.4, 0.5) is 5.95 Å². The highest BCUT2D eigenvalue weighted by atomic mass is 32.2. The van der Waals surface area contributed by atoms with Crippen molar-refractivity contribution < 1.29 is 8.42 Å². The van der Waals surface area contributed by atoms with Gasteiger partial charge in [0.05, 0.1) is 23.8 Å². The minimum Gasteiger partial charge on any atom is -0.351 e. The van der Waals surface area contributed by atoms with E-state index in [4.69, 9.17) is 0 Å². The van der Waals surface area contributed by atoms with Crippen LogP contribution in [-0.4, -0.2) is 58.0 Å². The van der Waals surface area contributed by atoms with Gasteiger partial charge in [0.2, 0.25) is 16.0 Å². The molecule has 8 nitrogen and oxygen atoms in total. The number of imidazole rings is 1. The predicted octanol–water partition coefficient (Wildman–Crippen LogP) is 1.32. The van der Waals surface area contributed by atoms with Crippen LogP contribution in [0.3, 0.4) is 0 Å². The van der Waals surface area contributed by atoms with Crippen molar-refractivity contribution in [3.8, 4) is 11.4 Å². The van der Waals surface area contributed by atoms with Gasteiger partial charge in [-0.05, 0) is 32.3 Å². The highest BCUT2D eigenvalue weighted by Gasteiger charge is 2.25. The summed E-state index contributed by atoms with van der Waals surface area (Å²) in [4.78, 5) is 16.3. The Hall–Kier alpha value is -2.00. The van der Waals surface area contributed by atoms with Gasteiger partial charge in [-0.15, -0.1) is 0 Å². The van der Waals surface area contributed by atoms with E-state index in [1.165, 1.54) is 10.6 Å². The van der Waals surface area contributed by atoms with Crippen molar-refractivity contribution in [3.05, 3.63) is 23.8 Å². The summed E-state index contributed by atoms with van der Waals surface area (Å²) in [5.74, 6) is 1.39. The fraction of sp³-hybridized carbons (Fsp3) is 0.533. The van der Waals surface area contributed by atoms with E-state index in [1.807, 2.05) is 13.8 Å². The fourth-order valence-electron chi connectivity index (χ4n) is 2.84. The minimum absolute atomic E-state index is 0.169. The molecular formula is C15H22N6O2S. The number of nitrogens with one attached hydrogen (secondary N) is 2. The van der Waals surface area contributed by atoms with E-state index in [-0.39, 0.29) is 6.04 Å². The van der Waals surface area contributed by atoms with Crippen molar-refractivity contribution in [1.29, 1.82) is 0 Å². The molecular weight excluding hydrogens is 328 g/mol. The Kier molecular flexibility index (Phi) is 4.55. The van der Waals surface area contributed by atoms with Gasteiger partial charge >= 0.3 is 0 Å². The van der Waals surface area contributed by atoms with E-state index in [9.17, 15) is 8.42 Å². The number of hydrogen-bond acceptors (Lipinski definition) is 6. The molecule has 2 aromatic rings. The summed E-state index contributed by atoms with van der Waals surface area (Å²) in [6, 6.07) is 0.169. The van der Waals surface area contributed by atoms with Gasteiger partial charge in [-0.3, -0.25) is 0 Å². The van der Waals surface area contributed by atoms with Crippen molar-refractivity contribution >= 4 is 16.0 Å². The first-order valence-electron chi connectivity index (χ1n) is 7.90. The van der Waals surface area contributed by atoms with Crippen molar-refractivity contribution in [2.75, 3.05) is 24.7 Å². The largest absolute Gasteiger partial charge is 0.351 e. The molecule has 1 saturated heterocycles. The first kappa shape index (κ1) is 16.8. The maximum absolute atomic E-state index is 11.6. The maximum Gasteiger partial charge on any atom is 0.223 e. The third kappa shape index (κ3) is 3.73. The quantitative estimate of drug-likeness (QED) is 0.862. The summed E-state index contributed by atoms with van der Waals surface area (Å²) in [5.41, 5.74) is 2.65. The standard InChI is InChI=1S/C15H22N6O2S/c1-10-8-17-15(20-14(10)13-9-16-11(2)18-13)19-12-4-6-21(7-5-12)24(3,22)23/h8-9,12H,4-7H2,1-3H3,(H,16,18)(H,17,19,20). The first-order valence-corrected chi connectivity index (χ1v) is 9.75. The van der Waals surface area contributed by atoms with E-state index >= 15 is 0 Å². The zero-order chi connectivity index (χ0) is 17.3. The Labute approximate surface area is 141 Å². The Morgan fingerprint density at radius 1 is 1.21 bits per heavy atom. The van der Waals surface area contributed by atoms with Crippen LogP contribution >= 0.6 is 0 Å². The smallest absolute Gasteiger partial charge is 0.223 e. The van der Waals surface area contributed by atoms with Gasteiger partial charge in [-0.2, -0.15) is 0 Å². The van der Waals surface area contributed by atoms with Gasteiger partial charge in [-0.25, -0.2) is 27.7 Å². The van der Waals surface area contributed by atoms with E-state index in [1.54, 1.807) is 12.4 Å². The number of piperidine rings is 1. The zero-order valence-corrected chi connectivity index (χ0v) is 14.9. The lowest BCUT2D eigenvalue weighted by atomic mass is 10.1. The summed E-state index contributed by atoms with van der Waals surface area (Å²) in [7, 11) is -3.10. The van der Waals surface area contributed by atoms with Crippen LogP contribution in [0.5, 0.6) is 0 Å². The Balaban J connectivity index is 1.71. The highest BCUT2D eigenvalue weighted by Crippen LogP contribution is 2.21. The van der Waals surface area contributed by atoms with Gasteiger partial charge in [0.25, 0.3) is 0 Å². The molecule has 9 heteroatoms. The number of nitrogens with zero attached hydrogens (tertiary/aromatic N) is 4. The third-order valence-electron chi connectivity index (χ3n) is 4.19.